The zero-order chi connectivity index (χ0) is 6.69. The summed E-state index contributed by atoms with van der Waals surface area (Å²) in [6.07, 6.45) is 3.01. The average Bonchev–Trinajstić information content (AvgIpc) is 1.89. The lowest BCUT2D eigenvalue weighted by Gasteiger charge is -1.99. The summed E-state index contributed by atoms with van der Waals surface area (Å²) < 4.78 is 0. The maximum Gasteiger partial charge on any atom is 0.157 e. The van der Waals surface area contributed by atoms with Gasteiger partial charge in [-0.25, -0.2) is 0 Å². The van der Waals surface area contributed by atoms with E-state index >= 15 is 0 Å². The number of hydrogen-bond acceptors (Lipinski definition) is 3. The van der Waals surface area contributed by atoms with Crippen molar-refractivity contribution in [2.45, 2.75) is 0 Å². The normalized spacial score (nSPS) is 8.10. The fourth-order valence-electron chi connectivity index (χ4n) is 0.598. The molecule has 1 aromatic heterocycles. The highest BCUT2D eigenvalue weighted by molar-refractivity contribution is 5.85. The molecule has 0 atom stereocenters. The Hall–Kier alpha value is -0.960. The first-order chi connectivity index (χ1) is 4.34. The first-order valence-corrected chi connectivity index (χ1v) is 2.65. The molecule has 1 aromatic rings. The number of halogens is 1. The van der Waals surface area contributed by atoms with Crippen LogP contribution in [-0.4, -0.2) is 17.1 Å². The fraction of sp³-hybridized carbons (Fsp3) is 0.167. The molecule has 0 saturated carbocycles. The predicted octanol–water partition coefficient (Wildman–Crippen LogP) is 1.25. The molecule has 10 heavy (non-hydrogen) atoms. The van der Waals surface area contributed by atoms with E-state index in [9.17, 15) is 0 Å². The summed E-state index contributed by atoms with van der Waals surface area (Å²) in [6, 6.07) is 1.70. The number of aromatic hydroxyl groups is 1. The first-order valence-electron chi connectivity index (χ1n) is 2.65. The summed E-state index contributed by atoms with van der Waals surface area (Å²) in [5, 5.41) is 11.8. The van der Waals surface area contributed by atoms with Gasteiger partial charge in [0.05, 0.1) is 11.9 Å². The van der Waals surface area contributed by atoms with Crippen LogP contribution in [0.25, 0.3) is 0 Å². The van der Waals surface area contributed by atoms with Gasteiger partial charge in [-0.1, -0.05) is 0 Å². The molecule has 0 bridgehead atoms. The second kappa shape index (κ2) is 3.95. The molecule has 3 nitrogen and oxygen atoms in total. The molecule has 0 fully saturated rings. The molecular formula is C6H9ClN2O. The van der Waals surface area contributed by atoms with Crippen molar-refractivity contribution < 1.29 is 5.11 Å². The predicted molar refractivity (Wildman–Crippen MR) is 42.7 cm³/mol. The third-order valence-corrected chi connectivity index (χ3v) is 1.07. The maximum atomic E-state index is 8.99. The molecule has 56 valence electrons. The van der Waals surface area contributed by atoms with Crippen molar-refractivity contribution >= 4 is 18.1 Å². The van der Waals surface area contributed by atoms with Gasteiger partial charge in [0, 0.05) is 13.2 Å². The van der Waals surface area contributed by atoms with Crippen LogP contribution >= 0.6 is 12.4 Å². The monoisotopic (exact) mass is 160 g/mol. The molecule has 1 rings (SSSR count). The van der Waals surface area contributed by atoms with Crippen LogP contribution in [0, 0.1) is 0 Å². The minimum atomic E-state index is 0. The van der Waals surface area contributed by atoms with Gasteiger partial charge in [0.1, 0.15) is 0 Å². The molecule has 1 heterocycles. The third kappa shape index (κ3) is 1.77. The quantitative estimate of drug-likeness (QED) is 0.650. The highest BCUT2D eigenvalue weighted by Crippen LogP contribution is 2.18. The van der Waals surface area contributed by atoms with Crippen molar-refractivity contribution in [1.29, 1.82) is 0 Å². The van der Waals surface area contributed by atoms with Gasteiger partial charge in [-0.15, -0.1) is 12.4 Å². The van der Waals surface area contributed by atoms with Gasteiger partial charge in [-0.3, -0.25) is 4.98 Å². The minimum absolute atomic E-state index is 0. The lowest BCUT2D eigenvalue weighted by molar-refractivity contribution is 0.475. The van der Waals surface area contributed by atoms with Gasteiger partial charge >= 0.3 is 0 Å². The van der Waals surface area contributed by atoms with Crippen LogP contribution in [0.2, 0.25) is 0 Å². The van der Waals surface area contributed by atoms with E-state index in [0.29, 0.717) is 5.69 Å². The Balaban J connectivity index is 0.000000810. The first kappa shape index (κ1) is 9.04. The molecule has 0 amide bonds. The summed E-state index contributed by atoms with van der Waals surface area (Å²) in [4.78, 5) is 3.70. The molecular weight excluding hydrogens is 152 g/mol. The van der Waals surface area contributed by atoms with E-state index in [2.05, 4.69) is 10.3 Å². The van der Waals surface area contributed by atoms with E-state index < -0.39 is 0 Å². The topological polar surface area (TPSA) is 45.2 Å². The van der Waals surface area contributed by atoms with Crippen LogP contribution in [0.15, 0.2) is 18.5 Å². The minimum Gasteiger partial charge on any atom is -0.504 e. The van der Waals surface area contributed by atoms with Crippen LogP contribution < -0.4 is 5.32 Å². The van der Waals surface area contributed by atoms with Gasteiger partial charge in [-0.05, 0) is 6.07 Å². The standard InChI is InChI=1S/C6H8N2O.ClH/c1-7-5-2-3-8-4-6(5)9;/h2-4,9H,1H3,(H,7,8);1H. The van der Waals surface area contributed by atoms with E-state index in [1.54, 1.807) is 19.3 Å². The number of rotatable bonds is 1. The van der Waals surface area contributed by atoms with E-state index in [0.717, 1.165) is 0 Å². The number of anilines is 1. The summed E-state index contributed by atoms with van der Waals surface area (Å²) >= 11 is 0. The van der Waals surface area contributed by atoms with Gasteiger partial charge in [0.15, 0.2) is 5.75 Å². The third-order valence-electron chi connectivity index (χ3n) is 1.07. The lowest BCUT2D eigenvalue weighted by atomic mass is 10.4. The van der Waals surface area contributed by atoms with Crippen LogP contribution in [0.5, 0.6) is 5.75 Å². The molecule has 0 aliphatic rings. The molecule has 0 unspecified atom stereocenters. The molecule has 4 heteroatoms. The van der Waals surface area contributed by atoms with Crippen molar-refractivity contribution in [3.8, 4) is 5.75 Å². The van der Waals surface area contributed by atoms with Gasteiger partial charge in [0.2, 0.25) is 0 Å². The molecule has 0 radical (unpaired) electrons. The largest absolute Gasteiger partial charge is 0.504 e. The molecule has 0 aliphatic heterocycles. The summed E-state index contributed by atoms with van der Waals surface area (Å²) in [7, 11) is 1.75. The number of aromatic nitrogens is 1. The molecule has 0 saturated heterocycles. The highest BCUT2D eigenvalue weighted by Gasteiger charge is 1.92. The van der Waals surface area contributed by atoms with Crippen LogP contribution in [-0.2, 0) is 0 Å². The van der Waals surface area contributed by atoms with Crippen LogP contribution in [0.3, 0.4) is 0 Å². The Kier molecular flexibility index (Phi) is 3.57. The molecule has 0 spiro atoms. The Labute approximate surface area is 65.5 Å². The van der Waals surface area contributed by atoms with Gasteiger partial charge in [-0.2, -0.15) is 0 Å². The number of pyridine rings is 1. The van der Waals surface area contributed by atoms with E-state index in [1.165, 1.54) is 6.20 Å². The SMILES string of the molecule is CNc1ccncc1O.Cl. The van der Waals surface area contributed by atoms with Crippen molar-refractivity contribution in [2.75, 3.05) is 12.4 Å². The molecule has 0 aromatic carbocycles. The Bertz CT molecular complexity index is 205. The van der Waals surface area contributed by atoms with E-state index in [1.807, 2.05) is 0 Å². The molecule has 0 aliphatic carbocycles. The van der Waals surface area contributed by atoms with Gasteiger partial charge in [0.25, 0.3) is 0 Å². The summed E-state index contributed by atoms with van der Waals surface area (Å²) in [6.45, 7) is 0. The lowest BCUT2D eigenvalue weighted by Crippen LogP contribution is -1.87. The second-order valence-electron chi connectivity index (χ2n) is 1.64. The zero-order valence-corrected chi connectivity index (χ0v) is 6.35. The highest BCUT2D eigenvalue weighted by atomic mass is 35.5. The van der Waals surface area contributed by atoms with Crippen LogP contribution in [0.4, 0.5) is 5.69 Å². The number of hydrogen-bond donors (Lipinski definition) is 2. The van der Waals surface area contributed by atoms with Crippen molar-refractivity contribution in [2.24, 2.45) is 0 Å². The Morgan fingerprint density at radius 3 is 2.70 bits per heavy atom. The van der Waals surface area contributed by atoms with Gasteiger partial charge < -0.3 is 10.4 Å². The smallest absolute Gasteiger partial charge is 0.157 e. The average molecular weight is 161 g/mol. The second-order valence-corrected chi connectivity index (χ2v) is 1.64. The zero-order valence-electron chi connectivity index (χ0n) is 5.53. The van der Waals surface area contributed by atoms with Crippen molar-refractivity contribution in [1.82, 2.24) is 4.98 Å². The van der Waals surface area contributed by atoms with E-state index in [-0.39, 0.29) is 18.2 Å². The van der Waals surface area contributed by atoms with Crippen LogP contribution in [0.1, 0.15) is 0 Å². The van der Waals surface area contributed by atoms with E-state index in [4.69, 9.17) is 5.11 Å². The number of nitrogens with zero attached hydrogens (tertiary/aromatic N) is 1. The Morgan fingerprint density at radius 1 is 1.60 bits per heavy atom. The Morgan fingerprint density at radius 2 is 2.30 bits per heavy atom. The van der Waals surface area contributed by atoms with Crippen molar-refractivity contribution in [3.63, 3.8) is 0 Å². The number of nitrogens with one attached hydrogen (secondary N) is 1. The van der Waals surface area contributed by atoms with Crippen molar-refractivity contribution in [3.05, 3.63) is 18.5 Å². The summed E-state index contributed by atoms with van der Waals surface area (Å²) in [5.74, 6) is 0.181. The fourth-order valence-corrected chi connectivity index (χ4v) is 0.598. The maximum absolute atomic E-state index is 8.99. The summed E-state index contributed by atoms with van der Waals surface area (Å²) in [5.41, 5.74) is 0.699. The molecule has 2 N–H and O–H groups in total.